The van der Waals surface area contributed by atoms with Gasteiger partial charge in [-0.3, -0.25) is 9.00 Å². The molecule has 0 saturated carbocycles. The average Bonchev–Trinajstić information content (AvgIpc) is 1.98. The fourth-order valence-corrected chi connectivity index (χ4v) is 0.841. The van der Waals surface area contributed by atoms with E-state index < -0.39 is 16.8 Å². The van der Waals surface area contributed by atoms with Crippen molar-refractivity contribution in [1.82, 2.24) is 5.32 Å². The van der Waals surface area contributed by atoms with Gasteiger partial charge in [-0.25, -0.2) is 0 Å². The van der Waals surface area contributed by atoms with Crippen LogP contribution >= 0.6 is 0 Å². The Kier molecular flexibility index (Phi) is 5.08. The van der Waals surface area contributed by atoms with Crippen LogP contribution < -0.4 is 11.1 Å². The van der Waals surface area contributed by atoms with E-state index in [0.29, 0.717) is 6.54 Å². The Bertz CT molecular complexity index is 182. The Balaban J connectivity index is 3.69. The number of nitrogens with one attached hydrogen (secondary N) is 1. The molecule has 3 atom stereocenters. The van der Waals surface area contributed by atoms with Crippen LogP contribution in [0.5, 0.6) is 0 Å². The van der Waals surface area contributed by atoms with Gasteiger partial charge in [0, 0.05) is 28.9 Å². The van der Waals surface area contributed by atoms with Crippen LogP contribution in [0.1, 0.15) is 13.8 Å². The number of hydrogen-bond acceptors (Lipinski definition) is 3. The second kappa shape index (κ2) is 5.27. The summed E-state index contributed by atoms with van der Waals surface area (Å²) in [7, 11) is -0.896. The Labute approximate surface area is 75.4 Å². The first-order chi connectivity index (χ1) is 5.45. The molecule has 0 aliphatic heterocycles. The van der Waals surface area contributed by atoms with Crippen LogP contribution in [0, 0.1) is 0 Å². The van der Waals surface area contributed by atoms with E-state index in [1.165, 1.54) is 0 Å². The van der Waals surface area contributed by atoms with Crippen LogP contribution in [0.25, 0.3) is 0 Å². The summed E-state index contributed by atoms with van der Waals surface area (Å²) in [5.41, 5.74) is 5.31. The lowest BCUT2D eigenvalue weighted by Gasteiger charge is -2.11. The van der Waals surface area contributed by atoms with Crippen molar-refractivity contribution in [2.45, 2.75) is 25.1 Å². The molecular formula is C7H16N2O2S. The number of rotatable bonds is 4. The molecule has 1 amide bonds. The molecule has 0 radical (unpaired) electrons. The van der Waals surface area contributed by atoms with Crippen LogP contribution in [0.4, 0.5) is 0 Å². The monoisotopic (exact) mass is 192 g/mol. The van der Waals surface area contributed by atoms with Crippen molar-refractivity contribution in [1.29, 1.82) is 0 Å². The summed E-state index contributed by atoms with van der Waals surface area (Å²) in [6.07, 6.45) is 1.61. The van der Waals surface area contributed by atoms with Gasteiger partial charge in [-0.2, -0.15) is 0 Å². The van der Waals surface area contributed by atoms with Crippen LogP contribution in [0.15, 0.2) is 0 Å². The third-order valence-electron chi connectivity index (χ3n) is 1.54. The zero-order chi connectivity index (χ0) is 9.72. The highest BCUT2D eigenvalue weighted by molar-refractivity contribution is 7.84. The standard InChI is InChI=1S/C7H16N2O2S/c1-5(12(3)11)4-9-7(10)6(2)8/h5-6H,4,8H2,1-3H3,(H,9,10). The second-order valence-corrected chi connectivity index (χ2v) is 4.64. The van der Waals surface area contributed by atoms with Gasteiger partial charge >= 0.3 is 0 Å². The zero-order valence-electron chi connectivity index (χ0n) is 7.66. The molecule has 0 aliphatic rings. The molecule has 0 saturated heterocycles. The Morgan fingerprint density at radius 2 is 2.08 bits per heavy atom. The minimum absolute atomic E-state index is 0.0206. The van der Waals surface area contributed by atoms with Crippen molar-refractivity contribution in [3.8, 4) is 0 Å². The minimum atomic E-state index is -0.896. The summed E-state index contributed by atoms with van der Waals surface area (Å²) < 4.78 is 10.9. The van der Waals surface area contributed by atoms with Gasteiger partial charge in [0.25, 0.3) is 0 Å². The average molecular weight is 192 g/mol. The predicted molar refractivity (Wildman–Crippen MR) is 50.2 cm³/mol. The van der Waals surface area contributed by atoms with Crippen LogP contribution in [0.2, 0.25) is 0 Å². The van der Waals surface area contributed by atoms with Gasteiger partial charge in [-0.1, -0.05) is 0 Å². The molecule has 0 bridgehead atoms. The number of nitrogens with two attached hydrogens (primary N) is 1. The van der Waals surface area contributed by atoms with Crippen LogP contribution in [-0.2, 0) is 15.6 Å². The van der Waals surface area contributed by atoms with Gasteiger partial charge in [0.1, 0.15) is 0 Å². The van der Waals surface area contributed by atoms with Crippen molar-refractivity contribution in [2.24, 2.45) is 5.73 Å². The summed E-state index contributed by atoms with van der Waals surface area (Å²) in [6, 6.07) is -0.498. The molecule has 0 spiro atoms. The number of carbonyl (C=O) groups is 1. The first-order valence-corrected chi connectivity index (χ1v) is 5.42. The summed E-state index contributed by atoms with van der Waals surface area (Å²) >= 11 is 0. The van der Waals surface area contributed by atoms with E-state index in [2.05, 4.69) is 5.32 Å². The molecule has 3 N–H and O–H groups in total. The Morgan fingerprint density at radius 1 is 1.58 bits per heavy atom. The summed E-state index contributed by atoms with van der Waals surface area (Å²) in [5, 5.41) is 2.59. The summed E-state index contributed by atoms with van der Waals surface area (Å²) in [4.78, 5) is 10.9. The van der Waals surface area contributed by atoms with E-state index in [0.717, 1.165) is 0 Å². The number of hydrogen-bond donors (Lipinski definition) is 2. The highest BCUT2D eigenvalue weighted by Gasteiger charge is 2.10. The predicted octanol–water partition coefficient (Wildman–Crippen LogP) is -0.783. The first kappa shape index (κ1) is 11.6. The molecule has 0 aromatic carbocycles. The van der Waals surface area contributed by atoms with Crippen molar-refractivity contribution >= 4 is 16.7 Å². The highest BCUT2D eigenvalue weighted by atomic mass is 32.2. The first-order valence-electron chi connectivity index (χ1n) is 3.80. The molecule has 5 heteroatoms. The van der Waals surface area contributed by atoms with Gasteiger partial charge in [-0.05, 0) is 13.8 Å². The lowest BCUT2D eigenvalue weighted by Crippen LogP contribution is -2.41. The third-order valence-corrected chi connectivity index (χ3v) is 2.84. The molecule has 0 aliphatic carbocycles. The maximum atomic E-state index is 10.9. The van der Waals surface area contributed by atoms with E-state index >= 15 is 0 Å². The highest BCUT2D eigenvalue weighted by Crippen LogP contribution is 1.89. The van der Waals surface area contributed by atoms with Crippen LogP contribution in [0.3, 0.4) is 0 Å². The molecular weight excluding hydrogens is 176 g/mol. The molecule has 0 fully saturated rings. The molecule has 0 heterocycles. The van der Waals surface area contributed by atoms with E-state index in [1.807, 2.05) is 6.92 Å². The molecule has 0 aromatic heterocycles. The van der Waals surface area contributed by atoms with Gasteiger partial charge in [0.05, 0.1) is 6.04 Å². The lowest BCUT2D eigenvalue weighted by molar-refractivity contribution is -0.121. The molecule has 0 aromatic rings. The van der Waals surface area contributed by atoms with E-state index in [1.54, 1.807) is 13.2 Å². The third kappa shape index (κ3) is 4.46. The van der Waals surface area contributed by atoms with Crippen molar-refractivity contribution in [3.05, 3.63) is 0 Å². The lowest BCUT2D eigenvalue weighted by atomic mass is 10.3. The van der Waals surface area contributed by atoms with Gasteiger partial charge in [-0.15, -0.1) is 0 Å². The van der Waals surface area contributed by atoms with E-state index in [-0.39, 0.29) is 11.2 Å². The SMILES string of the molecule is CC(N)C(=O)NCC(C)S(C)=O. The molecule has 72 valence electrons. The van der Waals surface area contributed by atoms with Crippen molar-refractivity contribution in [3.63, 3.8) is 0 Å². The minimum Gasteiger partial charge on any atom is -0.354 e. The smallest absolute Gasteiger partial charge is 0.236 e. The fourth-order valence-electron chi connectivity index (χ4n) is 0.523. The largest absolute Gasteiger partial charge is 0.354 e. The topological polar surface area (TPSA) is 72.2 Å². The van der Waals surface area contributed by atoms with Crippen molar-refractivity contribution < 1.29 is 9.00 Å². The normalized spacial score (nSPS) is 18.0. The van der Waals surface area contributed by atoms with Gasteiger partial charge < -0.3 is 11.1 Å². The molecule has 3 unspecified atom stereocenters. The summed E-state index contributed by atoms with van der Waals surface area (Å²) in [6.45, 7) is 3.85. The molecule has 4 nitrogen and oxygen atoms in total. The van der Waals surface area contributed by atoms with E-state index in [9.17, 15) is 9.00 Å². The molecule has 0 rings (SSSR count). The van der Waals surface area contributed by atoms with Gasteiger partial charge in [0.2, 0.25) is 5.91 Å². The molecule has 12 heavy (non-hydrogen) atoms. The number of carbonyl (C=O) groups excluding carboxylic acids is 1. The second-order valence-electron chi connectivity index (χ2n) is 2.84. The maximum absolute atomic E-state index is 10.9. The quantitative estimate of drug-likeness (QED) is 0.613. The van der Waals surface area contributed by atoms with Crippen LogP contribution in [-0.4, -0.2) is 34.2 Å². The van der Waals surface area contributed by atoms with Crippen molar-refractivity contribution in [2.75, 3.05) is 12.8 Å². The van der Waals surface area contributed by atoms with Gasteiger partial charge in [0.15, 0.2) is 0 Å². The Morgan fingerprint density at radius 3 is 2.42 bits per heavy atom. The zero-order valence-corrected chi connectivity index (χ0v) is 8.48. The Hall–Kier alpha value is -0.420. The number of amides is 1. The van der Waals surface area contributed by atoms with E-state index in [4.69, 9.17) is 5.73 Å². The maximum Gasteiger partial charge on any atom is 0.236 e. The fraction of sp³-hybridized carbons (Fsp3) is 0.857. The summed E-state index contributed by atoms with van der Waals surface area (Å²) in [5.74, 6) is -0.202.